The van der Waals surface area contributed by atoms with Crippen LogP contribution in [0.5, 0.6) is 0 Å². The van der Waals surface area contributed by atoms with Crippen LogP contribution in [0.3, 0.4) is 0 Å². The third-order valence-corrected chi connectivity index (χ3v) is 5.34. The van der Waals surface area contributed by atoms with Gasteiger partial charge in [-0.1, -0.05) is 0 Å². The van der Waals surface area contributed by atoms with E-state index < -0.39 is 18.8 Å². The van der Waals surface area contributed by atoms with E-state index in [2.05, 4.69) is 21.7 Å². The topological polar surface area (TPSA) is 9.23 Å². The first-order valence-electron chi connectivity index (χ1n) is 6.20. The predicted molar refractivity (Wildman–Crippen MR) is 67.3 cm³/mol. The molecule has 1 nitrogen and oxygen atoms in total. The van der Waals surface area contributed by atoms with Crippen LogP contribution < -0.4 is 0 Å². The van der Waals surface area contributed by atoms with Crippen molar-refractivity contribution < 1.29 is 3.07 Å². The van der Waals surface area contributed by atoms with Crippen LogP contribution in [0.1, 0.15) is 51.9 Å². The van der Waals surface area contributed by atoms with E-state index in [0.717, 1.165) is 6.61 Å². The van der Waals surface area contributed by atoms with Gasteiger partial charge < -0.3 is 0 Å². The van der Waals surface area contributed by atoms with Crippen LogP contribution in [0.2, 0.25) is 14.8 Å². The molecule has 0 saturated carbocycles. The van der Waals surface area contributed by atoms with Crippen molar-refractivity contribution in [2.75, 3.05) is 6.61 Å². The van der Waals surface area contributed by atoms with Crippen molar-refractivity contribution in [1.29, 1.82) is 0 Å². The number of unbranched alkanes of at least 4 members (excludes halogenated alkanes) is 6. The van der Waals surface area contributed by atoms with E-state index in [1.807, 2.05) is 0 Å². The molecule has 0 rings (SSSR count). The fraction of sp³-hybridized carbons (Fsp3) is 1.00. The SMILES string of the molecule is CCCCCCCCC[O][Sn]([CH3])([CH3])[CH3]. The molecule has 0 saturated heterocycles. The number of rotatable bonds is 9. The quantitative estimate of drug-likeness (QED) is 0.447. The molecule has 0 aliphatic heterocycles. The van der Waals surface area contributed by atoms with Gasteiger partial charge >= 0.3 is 95.2 Å². The summed E-state index contributed by atoms with van der Waals surface area (Å²) in [6, 6.07) is 0. The summed E-state index contributed by atoms with van der Waals surface area (Å²) >= 11 is -1.89. The van der Waals surface area contributed by atoms with Gasteiger partial charge in [-0.2, -0.15) is 0 Å². The van der Waals surface area contributed by atoms with E-state index in [9.17, 15) is 0 Å². The third kappa shape index (κ3) is 12.8. The Hall–Kier alpha value is 0.759. The van der Waals surface area contributed by atoms with Crippen molar-refractivity contribution in [1.82, 2.24) is 0 Å². The zero-order valence-corrected chi connectivity index (χ0v) is 13.4. The number of hydrogen-bond acceptors (Lipinski definition) is 1. The van der Waals surface area contributed by atoms with Gasteiger partial charge in [0.15, 0.2) is 0 Å². The Bertz CT molecular complexity index is 118. The first-order valence-corrected chi connectivity index (χ1v) is 15.9. The molecule has 0 heterocycles. The molecule has 0 spiro atoms. The van der Waals surface area contributed by atoms with Crippen molar-refractivity contribution in [3.05, 3.63) is 0 Å². The standard InChI is InChI=1S/C9H19O.3CH3.Sn/c1-2-3-4-5-6-7-8-9-10;;;;/h2-9H2,1H3;3*1H3;/q-1;;;;+1. The van der Waals surface area contributed by atoms with Gasteiger partial charge in [-0.25, -0.2) is 0 Å². The van der Waals surface area contributed by atoms with E-state index >= 15 is 0 Å². The van der Waals surface area contributed by atoms with E-state index in [0.29, 0.717) is 0 Å². The van der Waals surface area contributed by atoms with Crippen LogP contribution in [-0.4, -0.2) is 25.4 Å². The average Bonchev–Trinajstić information content (AvgIpc) is 2.08. The van der Waals surface area contributed by atoms with Gasteiger partial charge in [0.05, 0.1) is 0 Å². The average molecular weight is 307 g/mol. The van der Waals surface area contributed by atoms with Gasteiger partial charge in [-0.05, 0) is 0 Å². The molecule has 0 aromatic heterocycles. The second kappa shape index (κ2) is 9.02. The zero-order valence-electron chi connectivity index (χ0n) is 10.6. The van der Waals surface area contributed by atoms with Crippen molar-refractivity contribution in [2.45, 2.75) is 66.7 Å². The maximum absolute atomic E-state index is 5.87. The molecule has 0 aliphatic rings. The summed E-state index contributed by atoms with van der Waals surface area (Å²) in [4.78, 5) is 6.99. The Morgan fingerprint density at radius 2 is 1.29 bits per heavy atom. The summed E-state index contributed by atoms with van der Waals surface area (Å²) < 4.78 is 5.87. The minimum absolute atomic E-state index is 1.02. The van der Waals surface area contributed by atoms with E-state index in [-0.39, 0.29) is 0 Å². The Morgan fingerprint density at radius 1 is 0.786 bits per heavy atom. The van der Waals surface area contributed by atoms with E-state index in [1.54, 1.807) is 0 Å². The summed E-state index contributed by atoms with van der Waals surface area (Å²) in [6.07, 6.45) is 9.66. The third-order valence-electron chi connectivity index (χ3n) is 2.28. The van der Waals surface area contributed by atoms with Gasteiger partial charge in [0.1, 0.15) is 0 Å². The van der Waals surface area contributed by atoms with Crippen LogP contribution in [0.25, 0.3) is 0 Å². The van der Waals surface area contributed by atoms with Crippen LogP contribution >= 0.6 is 0 Å². The predicted octanol–water partition coefficient (Wildman–Crippen LogP) is 4.59. The molecule has 14 heavy (non-hydrogen) atoms. The van der Waals surface area contributed by atoms with E-state index in [1.165, 1.54) is 44.9 Å². The van der Waals surface area contributed by atoms with Crippen LogP contribution in [0, 0.1) is 0 Å². The summed E-state index contributed by atoms with van der Waals surface area (Å²) in [6.45, 7) is 3.29. The molecular weight excluding hydrogens is 279 g/mol. The Morgan fingerprint density at radius 3 is 1.79 bits per heavy atom. The second-order valence-corrected chi connectivity index (χ2v) is 18.0. The first kappa shape index (κ1) is 14.8. The van der Waals surface area contributed by atoms with Crippen molar-refractivity contribution >= 4 is 18.8 Å². The van der Waals surface area contributed by atoms with Gasteiger partial charge in [0, 0.05) is 0 Å². The second-order valence-electron chi connectivity index (χ2n) is 5.08. The van der Waals surface area contributed by atoms with Gasteiger partial charge in [0.2, 0.25) is 0 Å². The van der Waals surface area contributed by atoms with Crippen LogP contribution in [0.4, 0.5) is 0 Å². The molecule has 86 valence electrons. The minimum atomic E-state index is -1.89. The summed E-state index contributed by atoms with van der Waals surface area (Å²) in [5.74, 6) is 0. The van der Waals surface area contributed by atoms with Gasteiger partial charge in [0.25, 0.3) is 0 Å². The van der Waals surface area contributed by atoms with Crippen molar-refractivity contribution in [3.63, 3.8) is 0 Å². The van der Waals surface area contributed by atoms with Crippen molar-refractivity contribution in [2.24, 2.45) is 0 Å². The zero-order chi connectivity index (χ0) is 10.9. The first-order chi connectivity index (χ1) is 6.56. The van der Waals surface area contributed by atoms with Gasteiger partial charge in [-0.3, -0.25) is 0 Å². The molecule has 0 atom stereocenters. The molecule has 0 aliphatic carbocycles. The normalized spacial score (nSPS) is 12.0. The molecule has 0 N–H and O–H groups in total. The molecule has 0 aromatic rings. The Labute approximate surface area is 95.0 Å². The van der Waals surface area contributed by atoms with Gasteiger partial charge in [-0.15, -0.1) is 0 Å². The molecule has 2 heteroatoms. The maximum atomic E-state index is 5.87. The molecule has 0 amide bonds. The summed E-state index contributed by atoms with van der Waals surface area (Å²) in [5.41, 5.74) is 0. The van der Waals surface area contributed by atoms with E-state index in [4.69, 9.17) is 3.07 Å². The van der Waals surface area contributed by atoms with Crippen molar-refractivity contribution in [3.8, 4) is 0 Å². The molecule has 0 fully saturated rings. The summed E-state index contributed by atoms with van der Waals surface area (Å²) in [5, 5.41) is 0. The van der Waals surface area contributed by atoms with Crippen LogP contribution in [0.15, 0.2) is 0 Å². The fourth-order valence-corrected chi connectivity index (χ4v) is 3.60. The molecule has 0 bridgehead atoms. The molecule has 0 radical (unpaired) electrons. The summed E-state index contributed by atoms with van der Waals surface area (Å²) in [7, 11) is 0. The monoisotopic (exact) mass is 308 g/mol. The molecule has 0 unspecified atom stereocenters. The fourth-order valence-electron chi connectivity index (χ4n) is 1.44. The Kier molecular flexibility index (Phi) is 9.51. The Balaban J connectivity index is 2.99. The molecular formula is C12H28OSn. The van der Waals surface area contributed by atoms with Crippen LogP contribution in [-0.2, 0) is 3.07 Å². The number of hydrogen-bond donors (Lipinski definition) is 0. The molecule has 0 aromatic carbocycles.